The summed E-state index contributed by atoms with van der Waals surface area (Å²) >= 11 is 0. The van der Waals surface area contributed by atoms with Crippen molar-refractivity contribution in [2.45, 2.75) is 47.0 Å². The minimum atomic E-state index is -0.336. The molecular weight excluding hydrogens is 336 g/mol. The van der Waals surface area contributed by atoms with Crippen LogP contribution >= 0.6 is 0 Å². The zero-order valence-electron chi connectivity index (χ0n) is 16.8. The average Bonchev–Trinajstić information content (AvgIpc) is 2.99. The van der Waals surface area contributed by atoms with Crippen LogP contribution in [0.25, 0.3) is 0 Å². The Bertz CT molecular complexity index is 886. The number of hydrogen-bond donors (Lipinski definition) is 1. The molecule has 2 amide bonds. The Balaban J connectivity index is 1.82. The molecule has 4 heteroatoms. The third-order valence-electron chi connectivity index (χ3n) is 5.31. The number of benzene rings is 2. The summed E-state index contributed by atoms with van der Waals surface area (Å²) in [6.45, 7) is 10.7. The zero-order valence-corrected chi connectivity index (χ0v) is 16.8. The van der Waals surface area contributed by atoms with E-state index in [0.29, 0.717) is 12.5 Å². The van der Waals surface area contributed by atoms with E-state index in [1.807, 2.05) is 51.1 Å². The molecule has 0 aliphatic carbocycles. The van der Waals surface area contributed by atoms with E-state index in [4.69, 9.17) is 0 Å². The molecule has 1 N–H and O–H groups in total. The maximum Gasteiger partial charge on any atom is 0.229 e. The number of nitrogens with zero attached hydrogens (tertiary/aromatic N) is 1. The van der Waals surface area contributed by atoms with Crippen LogP contribution in [0.4, 0.5) is 11.4 Å². The summed E-state index contributed by atoms with van der Waals surface area (Å²) < 4.78 is 0. The van der Waals surface area contributed by atoms with Crippen molar-refractivity contribution in [3.63, 3.8) is 0 Å². The van der Waals surface area contributed by atoms with Crippen LogP contribution in [0.1, 0.15) is 48.4 Å². The fourth-order valence-electron chi connectivity index (χ4n) is 3.72. The molecule has 142 valence electrons. The number of amides is 2. The first-order chi connectivity index (χ1) is 12.8. The maximum absolute atomic E-state index is 12.8. The normalized spacial score (nSPS) is 16.9. The third-order valence-corrected chi connectivity index (χ3v) is 5.31. The number of carbonyl (C=O) groups excluding carboxylic acids is 2. The van der Waals surface area contributed by atoms with Gasteiger partial charge in [-0.2, -0.15) is 0 Å². The first-order valence-corrected chi connectivity index (χ1v) is 9.56. The van der Waals surface area contributed by atoms with Crippen LogP contribution in [0.15, 0.2) is 36.4 Å². The highest BCUT2D eigenvalue weighted by Crippen LogP contribution is 2.35. The highest BCUT2D eigenvalue weighted by atomic mass is 16.2. The van der Waals surface area contributed by atoms with Crippen molar-refractivity contribution < 1.29 is 9.59 Å². The molecule has 4 nitrogen and oxygen atoms in total. The van der Waals surface area contributed by atoms with Crippen molar-refractivity contribution in [1.82, 2.24) is 0 Å². The molecule has 1 heterocycles. The minimum absolute atomic E-state index is 0.0207. The molecule has 0 radical (unpaired) electrons. The Hall–Kier alpha value is -2.62. The Morgan fingerprint density at radius 2 is 1.85 bits per heavy atom. The van der Waals surface area contributed by atoms with Gasteiger partial charge in [0.15, 0.2) is 0 Å². The summed E-state index contributed by atoms with van der Waals surface area (Å²) in [5, 5.41) is 3.02. The van der Waals surface area contributed by atoms with Crippen molar-refractivity contribution in [3.05, 3.63) is 58.7 Å². The van der Waals surface area contributed by atoms with Gasteiger partial charge in [-0.25, -0.2) is 0 Å². The van der Waals surface area contributed by atoms with E-state index in [2.05, 4.69) is 25.2 Å². The van der Waals surface area contributed by atoms with Crippen LogP contribution in [0.2, 0.25) is 0 Å². The van der Waals surface area contributed by atoms with Gasteiger partial charge in [-0.15, -0.1) is 0 Å². The fourth-order valence-corrected chi connectivity index (χ4v) is 3.72. The summed E-state index contributed by atoms with van der Waals surface area (Å²) in [5.41, 5.74) is 6.14. The lowest BCUT2D eigenvalue weighted by Crippen LogP contribution is -2.29. The predicted molar refractivity (Wildman–Crippen MR) is 110 cm³/mol. The van der Waals surface area contributed by atoms with Crippen molar-refractivity contribution in [1.29, 1.82) is 0 Å². The molecule has 3 rings (SSSR count). The first kappa shape index (κ1) is 19.2. The number of hydrogen-bond acceptors (Lipinski definition) is 2. The summed E-state index contributed by atoms with van der Waals surface area (Å²) in [5.74, 6) is -0.0842. The first-order valence-electron chi connectivity index (χ1n) is 9.56. The van der Waals surface area contributed by atoms with Crippen molar-refractivity contribution in [2.24, 2.45) is 5.92 Å². The van der Waals surface area contributed by atoms with E-state index >= 15 is 0 Å². The molecule has 1 aliphatic heterocycles. The molecular formula is C23H28N2O2. The van der Waals surface area contributed by atoms with Gasteiger partial charge in [0.25, 0.3) is 0 Å². The molecule has 1 fully saturated rings. The van der Waals surface area contributed by atoms with Gasteiger partial charge in [0.1, 0.15) is 0 Å². The van der Waals surface area contributed by atoms with Crippen LogP contribution in [0, 0.1) is 26.7 Å². The predicted octanol–water partition coefficient (Wildman–Crippen LogP) is 4.73. The van der Waals surface area contributed by atoms with E-state index in [1.54, 1.807) is 4.90 Å². The van der Waals surface area contributed by atoms with E-state index in [1.165, 1.54) is 0 Å². The highest BCUT2D eigenvalue weighted by molar-refractivity contribution is 6.04. The highest BCUT2D eigenvalue weighted by Gasteiger charge is 2.36. The maximum atomic E-state index is 12.8. The topological polar surface area (TPSA) is 49.4 Å². The van der Waals surface area contributed by atoms with E-state index < -0.39 is 0 Å². The van der Waals surface area contributed by atoms with Crippen molar-refractivity contribution in [3.8, 4) is 0 Å². The molecule has 1 atom stereocenters. The summed E-state index contributed by atoms with van der Waals surface area (Å²) in [7, 11) is 0. The molecule has 1 unspecified atom stereocenters. The van der Waals surface area contributed by atoms with E-state index in [9.17, 15) is 9.59 Å². The van der Waals surface area contributed by atoms with Gasteiger partial charge >= 0.3 is 0 Å². The number of aryl methyl sites for hydroxylation is 3. The summed E-state index contributed by atoms with van der Waals surface area (Å²) in [6.07, 6.45) is 0.253. The quantitative estimate of drug-likeness (QED) is 0.853. The van der Waals surface area contributed by atoms with Crippen LogP contribution < -0.4 is 10.2 Å². The van der Waals surface area contributed by atoms with Gasteiger partial charge in [-0.1, -0.05) is 44.2 Å². The molecule has 27 heavy (non-hydrogen) atoms. The molecule has 2 aromatic rings. The average molecular weight is 364 g/mol. The number of nitrogens with one attached hydrogen (secondary N) is 1. The lowest BCUT2D eigenvalue weighted by Gasteiger charge is -2.24. The van der Waals surface area contributed by atoms with Gasteiger partial charge in [-0.3, -0.25) is 9.59 Å². The SMILES string of the molecule is Cc1ccc(C)c(NC(=O)C2CC(=O)N(c3c(C)cccc3C(C)C)C2)c1. The second kappa shape index (κ2) is 7.55. The summed E-state index contributed by atoms with van der Waals surface area (Å²) in [4.78, 5) is 27.4. The Morgan fingerprint density at radius 1 is 1.11 bits per heavy atom. The van der Waals surface area contributed by atoms with Gasteiger partial charge in [0, 0.05) is 24.3 Å². The lowest BCUT2D eigenvalue weighted by atomic mass is 9.97. The van der Waals surface area contributed by atoms with Gasteiger partial charge < -0.3 is 10.2 Å². The number of carbonyl (C=O) groups is 2. The molecule has 0 saturated carbocycles. The minimum Gasteiger partial charge on any atom is -0.326 e. The van der Waals surface area contributed by atoms with Crippen LogP contribution in [0.5, 0.6) is 0 Å². The molecule has 0 bridgehead atoms. The lowest BCUT2D eigenvalue weighted by molar-refractivity contribution is -0.122. The van der Waals surface area contributed by atoms with Crippen LogP contribution in [-0.4, -0.2) is 18.4 Å². The Kier molecular flexibility index (Phi) is 5.36. The van der Waals surface area contributed by atoms with Crippen LogP contribution in [0.3, 0.4) is 0 Å². The number of para-hydroxylation sites is 1. The Morgan fingerprint density at radius 3 is 2.56 bits per heavy atom. The second-order valence-electron chi connectivity index (χ2n) is 7.88. The van der Waals surface area contributed by atoms with E-state index in [0.717, 1.165) is 33.6 Å². The Labute approximate surface area is 161 Å². The van der Waals surface area contributed by atoms with Gasteiger partial charge in [0.05, 0.1) is 5.92 Å². The smallest absolute Gasteiger partial charge is 0.229 e. The molecule has 2 aromatic carbocycles. The van der Waals surface area contributed by atoms with Crippen LogP contribution in [-0.2, 0) is 9.59 Å². The third kappa shape index (κ3) is 3.90. The monoisotopic (exact) mass is 364 g/mol. The second-order valence-corrected chi connectivity index (χ2v) is 7.88. The molecule has 0 aromatic heterocycles. The van der Waals surface area contributed by atoms with Crippen molar-refractivity contribution in [2.75, 3.05) is 16.8 Å². The summed E-state index contributed by atoms with van der Waals surface area (Å²) in [6, 6.07) is 12.1. The molecule has 1 saturated heterocycles. The van der Waals surface area contributed by atoms with Crippen molar-refractivity contribution >= 4 is 23.2 Å². The standard InChI is InChI=1S/C23H28N2O2/c1-14(2)19-8-6-7-17(5)22(19)25-13-18(12-21(25)26)23(27)24-20-11-15(3)9-10-16(20)4/h6-11,14,18H,12-13H2,1-5H3,(H,24,27). The number of rotatable bonds is 4. The molecule has 1 aliphatic rings. The van der Waals surface area contributed by atoms with Gasteiger partial charge in [-0.05, 0) is 55.0 Å². The zero-order chi connectivity index (χ0) is 19.7. The largest absolute Gasteiger partial charge is 0.326 e. The fraction of sp³-hybridized carbons (Fsp3) is 0.391. The molecule has 0 spiro atoms. The van der Waals surface area contributed by atoms with E-state index in [-0.39, 0.29) is 24.2 Å². The van der Waals surface area contributed by atoms with Gasteiger partial charge in [0.2, 0.25) is 11.8 Å². The number of anilines is 2.